The fraction of sp³-hybridized carbons (Fsp3) is 0.273. The molecular weight excluding hydrogens is 594 g/mol. The fourth-order valence-electron chi connectivity index (χ4n) is 7.46. The molecule has 3 fully saturated rings. The van der Waals surface area contributed by atoms with Gasteiger partial charge >= 0.3 is 0 Å². The van der Waals surface area contributed by atoms with Gasteiger partial charge in [-0.15, -0.1) is 23.2 Å². The number of nitrogens with zero attached hydrogens (tertiary/aromatic N) is 2. The minimum atomic E-state index is -2.09. The molecule has 43 heavy (non-hydrogen) atoms. The predicted molar refractivity (Wildman–Crippen MR) is 157 cm³/mol. The molecule has 1 saturated carbocycles. The maximum Gasteiger partial charge on any atom is 0.258 e. The Balaban J connectivity index is 1.37. The number of alkyl halides is 2. The van der Waals surface area contributed by atoms with Gasteiger partial charge in [-0.05, 0) is 54.7 Å². The number of anilines is 1. The highest BCUT2D eigenvalue weighted by molar-refractivity contribution is 6.58. The molecule has 3 aromatic carbocycles. The maximum absolute atomic E-state index is 14.3. The summed E-state index contributed by atoms with van der Waals surface area (Å²) in [4.78, 5) is 54.1. The number of hydrogen-bond acceptors (Lipinski definition) is 5. The zero-order valence-electron chi connectivity index (χ0n) is 22.6. The molecule has 2 aliphatic heterocycles. The van der Waals surface area contributed by atoms with Crippen molar-refractivity contribution in [3.05, 3.63) is 107 Å². The van der Waals surface area contributed by atoms with E-state index in [2.05, 4.69) is 0 Å². The van der Waals surface area contributed by atoms with Crippen LogP contribution in [0.3, 0.4) is 0 Å². The molecule has 0 radical (unpaired) electrons. The summed E-state index contributed by atoms with van der Waals surface area (Å²) < 4.78 is 13.8. The Morgan fingerprint density at radius 3 is 2.21 bits per heavy atom. The first kappa shape index (κ1) is 27.8. The topological polar surface area (TPSA) is 95.0 Å². The van der Waals surface area contributed by atoms with Gasteiger partial charge in [0.2, 0.25) is 11.8 Å². The molecule has 2 saturated heterocycles. The second kappa shape index (κ2) is 9.76. The van der Waals surface area contributed by atoms with Gasteiger partial charge in [-0.1, -0.05) is 60.2 Å². The van der Waals surface area contributed by atoms with Crippen LogP contribution in [-0.2, 0) is 25.7 Å². The molecule has 0 spiro atoms. The van der Waals surface area contributed by atoms with Gasteiger partial charge < -0.3 is 5.11 Å². The van der Waals surface area contributed by atoms with Crippen molar-refractivity contribution < 1.29 is 28.7 Å². The number of rotatable bonds is 4. The van der Waals surface area contributed by atoms with Crippen molar-refractivity contribution in [1.29, 1.82) is 0 Å². The molecule has 7 nitrogen and oxygen atoms in total. The summed E-state index contributed by atoms with van der Waals surface area (Å²) in [5.74, 6) is -6.31. The number of hydrogen-bond donors (Lipinski definition) is 1. The van der Waals surface area contributed by atoms with Crippen LogP contribution in [0.4, 0.5) is 10.1 Å². The minimum Gasteiger partial charge on any atom is -0.508 e. The van der Waals surface area contributed by atoms with E-state index in [1.54, 1.807) is 18.2 Å². The van der Waals surface area contributed by atoms with E-state index in [0.717, 1.165) is 22.6 Å². The number of likely N-dealkylation sites (tertiary alicyclic amines) is 1. The van der Waals surface area contributed by atoms with Gasteiger partial charge in [0, 0.05) is 11.5 Å². The molecule has 6 atom stereocenters. The predicted octanol–water partition coefficient (Wildman–Crippen LogP) is 5.29. The molecular formula is C33H25Cl2FN2O5. The normalized spacial score (nSPS) is 31.6. The summed E-state index contributed by atoms with van der Waals surface area (Å²) in [5, 5.41) is 11.0. The molecule has 0 bridgehead atoms. The van der Waals surface area contributed by atoms with Crippen LogP contribution in [0.5, 0.6) is 5.75 Å². The highest BCUT2D eigenvalue weighted by atomic mass is 35.5. The number of aromatic hydroxyl groups is 1. The lowest BCUT2D eigenvalue weighted by Crippen LogP contribution is -2.60. The monoisotopic (exact) mass is 618 g/mol. The Labute approximate surface area is 256 Å². The number of phenols is 1. The zero-order chi connectivity index (χ0) is 30.3. The zero-order valence-corrected chi connectivity index (χ0v) is 24.1. The lowest BCUT2D eigenvalue weighted by atomic mass is 9.56. The maximum atomic E-state index is 14.3. The third kappa shape index (κ3) is 3.79. The van der Waals surface area contributed by atoms with Crippen LogP contribution in [0, 0.1) is 23.6 Å². The van der Waals surface area contributed by atoms with E-state index in [4.69, 9.17) is 23.2 Å². The van der Waals surface area contributed by atoms with Crippen molar-refractivity contribution >= 4 is 52.5 Å². The van der Waals surface area contributed by atoms with E-state index in [9.17, 15) is 28.7 Å². The number of para-hydroxylation sites is 1. The molecule has 10 heteroatoms. The van der Waals surface area contributed by atoms with Gasteiger partial charge in [-0.2, -0.15) is 0 Å². The van der Waals surface area contributed by atoms with Crippen LogP contribution < -0.4 is 4.90 Å². The summed E-state index contributed by atoms with van der Waals surface area (Å²) in [6.45, 7) is 0.109. The number of carbonyl (C=O) groups excluding carboxylic acids is 4. The number of amides is 4. The highest BCUT2D eigenvalue weighted by Gasteiger charge is 2.76. The third-order valence-electron chi connectivity index (χ3n) is 9.42. The molecule has 1 N–H and O–H groups in total. The summed E-state index contributed by atoms with van der Waals surface area (Å²) in [6.07, 6.45) is 1.86. The smallest absolute Gasteiger partial charge is 0.258 e. The van der Waals surface area contributed by atoms with Gasteiger partial charge in [0.15, 0.2) is 9.75 Å². The lowest BCUT2D eigenvalue weighted by molar-refractivity contribution is -0.141. The number of imide groups is 2. The molecule has 0 aromatic heterocycles. The SMILES string of the molecule is O=C1C2CC=C3C(CC4(Cl)C(=O)N(c5ccc(F)cc5)C(=O)C4(Cl)C3c3ccccc3O)C2C(=O)N1Cc1ccccc1. The van der Waals surface area contributed by atoms with Crippen molar-refractivity contribution in [3.63, 3.8) is 0 Å². The third-order valence-corrected chi connectivity index (χ3v) is 10.8. The Bertz CT molecular complexity index is 1730. The number of carbonyl (C=O) groups is 4. The van der Waals surface area contributed by atoms with E-state index in [1.807, 2.05) is 36.4 Å². The van der Waals surface area contributed by atoms with E-state index in [1.165, 1.54) is 23.1 Å². The van der Waals surface area contributed by atoms with Crippen LogP contribution in [0.2, 0.25) is 0 Å². The highest BCUT2D eigenvalue weighted by Crippen LogP contribution is 2.66. The standard InChI is InChI=1S/C33H25Cl2FN2O5/c34-32-16-24-21(14-15-23-26(24)29(41)37(28(23)40)17-18-6-2-1-3-7-18)27(22-8-4-5-9-25(22)39)33(32,35)31(43)38(30(32)42)20-12-10-19(36)11-13-20/h1-14,23-24,26-27,39H,15-17H2. The van der Waals surface area contributed by atoms with E-state index in [-0.39, 0.29) is 48.2 Å². The quantitative estimate of drug-likeness (QED) is 0.243. The largest absolute Gasteiger partial charge is 0.508 e. The molecule has 3 aromatic rings. The second-order valence-electron chi connectivity index (χ2n) is 11.6. The van der Waals surface area contributed by atoms with Crippen LogP contribution >= 0.6 is 23.2 Å². The van der Waals surface area contributed by atoms with Crippen molar-refractivity contribution in [2.45, 2.75) is 35.1 Å². The summed E-state index contributed by atoms with van der Waals surface area (Å²) in [7, 11) is 0. The Morgan fingerprint density at radius 2 is 1.51 bits per heavy atom. The van der Waals surface area contributed by atoms with Crippen LogP contribution in [0.1, 0.15) is 29.9 Å². The van der Waals surface area contributed by atoms with Crippen molar-refractivity contribution in [3.8, 4) is 5.75 Å². The molecule has 4 amide bonds. The summed E-state index contributed by atoms with van der Waals surface area (Å²) in [5.41, 5.74) is 1.75. The van der Waals surface area contributed by atoms with E-state index in [0.29, 0.717) is 5.57 Å². The van der Waals surface area contributed by atoms with E-state index < -0.39 is 51.1 Å². The number of benzene rings is 3. The van der Waals surface area contributed by atoms with E-state index >= 15 is 0 Å². The lowest BCUT2D eigenvalue weighted by Gasteiger charge is -2.50. The average Bonchev–Trinajstić information content (AvgIpc) is 3.32. The van der Waals surface area contributed by atoms with Crippen LogP contribution in [-0.4, -0.2) is 43.4 Å². The number of phenolic OH excluding ortho intramolecular Hbond substituents is 1. The van der Waals surface area contributed by atoms with Gasteiger partial charge in [-0.25, -0.2) is 9.29 Å². The molecule has 2 aliphatic carbocycles. The van der Waals surface area contributed by atoms with Gasteiger partial charge in [0.1, 0.15) is 11.6 Å². The summed E-state index contributed by atoms with van der Waals surface area (Å²) in [6, 6.07) is 20.4. The Kier molecular flexibility index (Phi) is 6.31. The van der Waals surface area contributed by atoms with Gasteiger partial charge in [0.05, 0.1) is 24.1 Å². The van der Waals surface area contributed by atoms with Crippen LogP contribution in [0.15, 0.2) is 90.5 Å². The molecule has 6 unspecified atom stereocenters. The first-order chi connectivity index (χ1) is 20.6. The Hall–Kier alpha value is -4.01. The second-order valence-corrected chi connectivity index (χ2v) is 12.8. The van der Waals surface area contributed by atoms with Crippen molar-refractivity contribution in [1.82, 2.24) is 4.90 Å². The number of fused-ring (bicyclic) bond motifs is 4. The fourth-order valence-corrected chi connectivity index (χ4v) is 8.39. The van der Waals surface area contributed by atoms with Crippen molar-refractivity contribution in [2.24, 2.45) is 17.8 Å². The van der Waals surface area contributed by atoms with Gasteiger partial charge in [0.25, 0.3) is 11.8 Å². The first-order valence-electron chi connectivity index (χ1n) is 14.0. The van der Waals surface area contributed by atoms with Gasteiger partial charge in [-0.3, -0.25) is 24.1 Å². The first-order valence-corrected chi connectivity index (χ1v) is 14.7. The van der Waals surface area contributed by atoms with Crippen LogP contribution in [0.25, 0.3) is 0 Å². The van der Waals surface area contributed by atoms with Crippen molar-refractivity contribution in [2.75, 3.05) is 4.90 Å². The molecule has 7 rings (SSSR count). The Morgan fingerprint density at radius 1 is 0.837 bits per heavy atom. The summed E-state index contributed by atoms with van der Waals surface area (Å²) >= 11 is 14.6. The number of allylic oxidation sites excluding steroid dienone is 2. The molecule has 2 heterocycles. The average molecular weight is 619 g/mol. The number of halogens is 3. The molecule has 218 valence electrons. The molecule has 4 aliphatic rings. The minimum absolute atomic E-state index is 0.0952.